The molecule has 0 saturated carbocycles. The second kappa shape index (κ2) is 6.46. The van der Waals surface area contributed by atoms with Crippen molar-refractivity contribution in [1.82, 2.24) is 4.98 Å². The average Bonchev–Trinajstić information content (AvgIpc) is 2.88. The van der Waals surface area contributed by atoms with Gasteiger partial charge in [0.1, 0.15) is 5.82 Å². The van der Waals surface area contributed by atoms with Crippen LogP contribution in [0.25, 0.3) is 10.2 Å². The van der Waals surface area contributed by atoms with Gasteiger partial charge in [-0.2, -0.15) is 0 Å². The molecule has 5 heteroatoms. The minimum absolute atomic E-state index is 0.123. The molecule has 3 aromatic rings. The van der Waals surface area contributed by atoms with Crippen molar-refractivity contribution in [2.24, 2.45) is 0 Å². The molecule has 0 atom stereocenters. The number of nitrogens with zero attached hydrogens (tertiary/aromatic N) is 1. The van der Waals surface area contributed by atoms with Crippen LogP contribution >= 0.6 is 11.3 Å². The first-order valence-corrected chi connectivity index (χ1v) is 8.27. The van der Waals surface area contributed by atoms with Gasteiger partial charge < -0.3 is 5.32 Å². The molecular formula is C18H17FN2OS. The zero-order valence-electron chi connectivity index (χ0n) is 13.0. The lowest BCUT2D eigenvalue weighted by molar-refractivity contribution is -0.115. The number of carbonyl (C=O) groups excluding carboxylic acids is 1. The highest BCUT2D eigenvalue weighted by molar-refractivity contribution is 7.22. The van der Waals surface area contributed by atoms with Crippen molar-refractivity contribution in [1.29, 1.82) is 0 Å². The predicted octanol–water partition coefficient (Wildman–Crippen LogP) is 4.74. The van der Waals surface area contributed by atoms with E-state index in [4.69, 9.17) is 0 Å². The lowest BCUT2D eigenvalue weighted by Gasteiger charge is -2.06. The van der Waals surface area contributed by atoms with Gasteiger partial charge in [0.2, 0.25) is 5.91 Å². The smallest absolute Gasteiger partial charge is 0.230 e. The van der Waals surface area contributed by atoms with E-state index in [1.54, 1.807) is 6.07 Å². The Balaban J connectivity index is 1.68. The number of carbonyl (C=O) groups is 1. The van der Waals surface area contributed by atoms with E-state index >= 15 is 0 Å². The maximum absolute atomic E-state index is 13.2. The Bertz CT molecular complexity index is 840. The summed E-state index contributed by atoms with van der Waals surface area (Å²) in [6.45, 7) is 4.27. The van der Waals surface area contributed by atoms with Gasteiger partial charge in [0.15, 0.2) is 5.13 Å². The Morgan fingerprint density at radius 3 is 2.65 bits per heavy atom. The van der Waals surface area contributed by atoms with Gasteiger partial charge in [-0.05, 0) is 35.2 Å². The van der Waals surface area contributed by atoms with Gasteiger partial charge in [-0.1, -0.05) is 49.4 Å². The van der Waals surface area contributed by atoms with E-state index in [0.29, 0.717) is 23.0 Å². The first-order chi connectivity index (χ1) is 11.0. The Kier molecular flexibility index (Phi) is 4.39. The van der Waals surface area contributed by atoms with Crippen molar-refractivity contribution in [2.45, 2.75) is 26.2 Å². The molecule has 0 aliphatic rings. The van der Waals surface area contributed by atoms with Crippen LogP contribution in [0.3, 0.4) is 0 Å². The monoisotopic (exact) mass is 328 g/mol. The third-order valence-electron chi connectivity index (χ3n) is 3.61. The van der Waals surface area contributed by atoms with Gasteiger partial charge >= 0.3 is 0 Å². The van der Waals surface area contributed by atoms with E-state index < -0.39 is 0 Å². The van der Waals surface area contributed by atoms with Gasteiger partial charge in [0.25, 0.3) is 0 Å². The number of halogens is 1. The molecule has 0 fully saturated rings. The Hall–Kier alpha value is -2.27. The Labute approximate surface area is 138 Å². The van der Waals surface area contributed by atoms with E-state index in [9.17, 15) is 9.18 Å². The lowest BCUT2D eigenvalue weighted by atomic mass is 10.0. The van der Waals surface area contributed by atoms with Gasteiger partial charge in [-0.3, -0.25) is 4.79 Å². The maximum Gasteiger partial charge on any atom is 0.230 e. The van der Waals surface area contributed by atoms with Crippen LogP contribution in [-0.2, 0) is 11.2 Å². The largest absolute Gasteiger partial charge is 0.302 e. The highest BCUT2D eigenvalue weighted by Gasteiger charge is 2.09. The van der Waals surface area contributed by atoms with Crippen LogP contribution in [0.2, 0.25) is 0 Å². The molecule has 23 heavy (non-hydrogen) atoms. The fourth-order valence-electron chi connectivity index (χ4n) is 2.32. The molecule has 0 aliphatic carbocycles. The fourth-order valence-corrected chi connectivity index (χ4v) is 3.23. The molecule has 1 N–H and O–H groups in total. The summed E-state index contributed by atoms with van der Waals surface area (Å²) >= 11 is 1.27. The molecular weight excluding hydrogens is 311 g/mol. The van der Waals surface area contributed by atoms with Gasteiger partial charge in [0, 0.05) is 0 Å². The standard InChI is InChI=1S/C18H17FN2OS/c1-11(2)13-5-3-12(4-6-13)9-17(22)21-18-20-15-8-7-14(19)10-16(15)23-18/h3-8,10-11H,9H2,1-2H3,(H,20,21,22). The molecule has 0 aliphatic heterocycles. The fraction of sp³-hybridized carbons (Fsp3) is 0.222. The second-order valence-corrected chi connectivity index (χ2v) is 6.78. The zero-order chi connectivity index (χ0) is 16.4. The molecule has 118 valence electrons. The molecule has 0 saturated heterocycles. The van der Waals surface area contributed by atoms with E-state index in [-0.39, 0.29) is 11.7 Å². The van der Waals surface area contributed by atoms with E-state index in [1.807, 2.05) is 24.3 Å². The van der Waals surface area contributed by atoms with Crippen LogP contribution in [0.15, 0.2) is 42.5 Å². The number of nitrogens with one attached hydrogen (secondary N) is 1. The van der Waals surface area contributed by atoms with E-state index in [1.165, 1.54) is 29.0 Å². The predicted molar refractivity (Wildman–Crippen MR) is 92.4 cm³/mol. The quantitative estimate of drug-likeness (QED) is 0.751. The number of hydrogen-bond acceptors (Lipinski definition) is 3. The molecule has 2 aromatic carbocycles. The molecule has 3 rings (SSSR count). The molecule has 0 spiro atoms. The van der Waals surface area contributed by atoms with Crippen molar-refractivity contribution >= 4 is 32.6 Å². The summed E-state index contributed by atoms with van der Waals surface area (Å²) in [7, 11) is 0. The van der Waals surface area contributed by atoms with Crippen LogP contribution in [0.5, 0.6) is 0 Å². The maximum atomic E-state index is 13.2. The number of anilines is 1. The third kappa shape index (κ3) is 3.74. The number of fused-ring (bicyclic) bond motifs is 1. The average molecular weight is 328 g/mol. The van der Waals surface area contributed by atoms with Gasteiger partial charge in [-0.25, -0.2) is 9.37 Å². The zero-order valence-corrected chi connectivity index (χ0v) is 13.8. The molecule has 1 aromatic heterocycles. The van der Waals surface area contributed by atoms with Crippen LogP contribution in [0.4, 0.5) is 9.52 Å². The molecule has 0 bridgehead atoms. The highest BCUT2D eigenvalue weighted by atomic mass is 32.1. The number of amides is 1. The van der Waals surface area contributed by atoms with Crippen molar-refractivity contribution in [2.75, 3.05) is 5.32 Å². The van der Waals surface area contributed by atoms with Gasteiger partial charge in [0.05, 0.1) is 16.6 Å². The summed E-state index contributed by atoms with van der Waals surface area (Å²) < 4.78 is 13.9. The van der Waals surface area contributed by atoms with Crippen LogP contribution in [0.1, 0.15) is 30.9 Å². The topological polar surface area (TPSA) is 42.0 Å². The van der Waals surface area contributed by atoms with E-state index in [0.717, 1.165) is 10.3 Å². The lowest BCUT2D eigenvalue weighted by Crippen LogP contribution is -2.14. The minimum Gasteiger partial charge on any atom is -0.302 e. The summed E-state index contributed by atoms with van der Waals surface area (Å²) in [5.74, 6) is 0.0483. The number of hydrogen-bond donors (Lipinski definition) is 1. The number of aromatic nitrogens is 1. The molecule has 1 heterocycles. The highest BCUT2D eigenvalue weighted by Crippen LogP contribution is 2.26. The third-order valence-corrected chi connectivity index (χ3v) is 4.54. The molecule has 0 unspecified atom stereocenters. The number of benzene rings is 2. The van der Waals surface area contributed by atoms with Crippen LogP contribution in [-0.4, -0.2) is 10.9 Å². The molecule has 3 nitrogen and oxygen atoms in total. The van der Waals surface area contributed by atoms with Crippen LogP contribution in [0, 0.1) is 5.82 Å². The SMILES string of the molecule is CC(C)c1ccc(CC(=O)Nc2nc3ccc(F)cc3s2)cc1. The van der Waals surface area contributed by atoms with Crippen LogP contribution < -0.4 is 5.32 Å². The Morgan fingerprint density at radius 2 is 1.96 bits per heavy atom. The first-order valence-electron chi connectivity index (χ1n) is 7.46. The first kappa shape index (κ1) is 15.6. The summed E-state index contributed by atoms with van der Waals surface area (Å²) in [5.41, 5.74) is 2.90. The second-order valence-electron chi connectivity index (χ2n) is 5.75. The van der Waals surface area contributed by atoms with Crippen molar-refractivity contribution in [3.63, 3.8) is 0 Å². The Morgan fingerprint density at radius 1 is 1.22 bits per heavy atom. The van der Waals surface area contributed by atoms with Crippen molar-refractivity contribution in [3.05, 3.63) is 59.4 Å². The van der Waals surface area contributed by atoms with Crippen molar-refractivity contribution in [3.8, 4) is 0 Å². The summed E-state index contributed by atoms with van der Waals surface area (Å²) in [6, 6.07) is 12.4. The number of rotatable bonds is 4. The summed E-state index contributed by atoms with van der Waals surface area (Å²) in [6.07, 6.45) is 0.294. The minimum atomic E-state index is -0.302. The summed E-state index contributed by atoms with van der Waals surface area (Å²) in [5, 5.41) is 3.28. The van der Waals surface area contributed by atoms with Gasteiger partial charge in [-0.15, -0.1) is 0 Å². The molecule has 1 amide bonds. The molecule has 0 radical (unpaired) electrons. The van der Waals surface area contributed by atoms with Crippen molar-refractivity contribution < 1.29 is 9.18 Å². The normalized spacial score (nSPS) is 11.1. The number of thiazole rings is 1. The van der Waals surface area contributed by atoms with E-state index in [2.05, 4.69) is 24.1 Å². The summed E-state index contributed by atoms with van der Waals surface area (Å²) in [4.78, 5) is 16.4.